The van der Waals surface area contributed by atoms with Gasteiger partial charge in [0.1, 0.15) is 5.78 Å². The van der Waals surface area contributed by atoms with Crippen LogP contribution in [0.25, 0.3) is 0 Å². The summed E-state index contributed by atoms with van der Waals surface area (Å²) in [5, 5.41) is 3.40. The number of unbranched alkanes of at least 4 members (excludes halogenated alkanes) is 1. The van der Waals surface area contributed by atoms with Crippen molar-refractivity contribution >= 4 is 17.4 Å². The van der Waals surface area contributed by atoms with E-state index >= 15 is 0 Å². The number of anilines is 1. The minimum Gasteiger partial charge on any atom is -0.316 e. The van der Waals surface area contributed by atoms with Gasteiger partial charge in [-0.2, -0.15) is 0 Å². The van der Waals surface area contributed by atoms with E-state index in [4.69, 9.17) is 0 Å². The van der Waals surface area contributed by atoms with Crippen LogP contribution in [0.3, 0.4) is 0 Å². The average Bonchev–Trinajstić information content (AvgIpc) is 2.76. The molecule has 0 unspecified atom stereocenters. The first-order valence-electron chi connectivity index (χ1n) is 11.7. The van der Waals surface area contributed by atoms with E-state index in [1.54, 1.807) is 6.92 Å². The minimum absolute atomic E-state index is 0.296. The monoisotopic (exact) mass is 420 g/mol. The molecule has 2 aliphatic rings. The van der Waals surface area contributed by atoms with Crippen LogP contribution in [0.15, 0.2) is 42.5 Å². The van der Waals surface area contributed by atoms with Gasteiger partial charge in [-0.1, -0.05) is 48.0 Å². The van der Waals surface area contributed by atoms with Crippen molar-refractivity contribution in [3.63, 3.8) is 0 Å². The molecule has 4 nitrogen and oxygen atoms in total. The van der Waals surface area contributed by atoms with Crippen LogP contribution in [0.1, 0.15) is 61.3 Å². The molecule has 4 heteroatoms. The maximum Gasteiger partial charge on any atom is 0.227 e. The highest BCUT2D eigenvalue weighted by Crippen LogP contribution is 2.36. The van der Waals surface area contributed by atoms with Crippen LogP contribution in [0.5, 0.6) is 0 Å². The van der Waals surface area contributed by atoms with Crippen molar-refractivity contribution in [2.45, 2.75) is 65.2 Å². The van der Waals surface area contributed by atoms with E-state index in [-0.39, 0.29) is 0 Å². The lowest BCUT2D eigenvalue weighted by Gasteiger charge is -2.35. The third-order valence-electron chi connectivity index (χ3n) is 5.98. The van der Waals surface area contributed by atoms with Crippen molar-refractivity contribution < 1.29 is 9.59 Å². The molecule has 0 saturated heterocycles. The maximum absolute atomic E-state index is 11.8. The fourth-order valence-electron chi connectivity index (χ4n) is 4.45. The first-order valence-corrected chi connectivity index (χ1v) is 11.7. The lowest BCUT2D eigenvalue weighted by molar-refractivity contribution is -0.119. The van der Waals surface area contributed by atoms with Crippen LogP contribution in [0.4, 0.5) is 5.69 Å². The molecular weight excluding hydrogens is 384 g/mol. The third-order valence-corrected chi connectivity index (χ3v) is 5.98. The molecule has 0 radical (unpaired) electrons. The summed E-state index contributed by atoms with van der Waals surface area (Å²) >= 11 is 0. The number of rotatable bonds is 8. The van der Waals surface area contributed by atoms with Crippen molar-refractivity contribution in [3.05, 3.63) is 64.7 Å². The Balaban J connectivity index is 0.000000176. The summed E-state index contributed by atoms with van der Waals surface area (Å²) in [6.45, 7) is 6.75. The average molecular weight is 421 g/mol. The Morgan fingerprint density at radius 2 is 1.74 bits per heavy atom. The Morgan fingerprint density at radius 1 is 1.00 bits per heavy atom. The Labute approximate surface area is 187 Å². The molecule has 0 fully saturated rings. The third kappa shape index (κ3) is 7.03. The highest BCUT2D eigenvalue weighted by Gasteiger charge is 2.28. The maximum atomic E-state index is 11.8. The smallest absolute Gasteiger partial charge is 0.227 e. The summed E-state index contributed by atoms with van der Waals surface area (Å²) in [5.41, 5.74) is 6.70. The predicted molar refractivity (Wildman–Crippen MR) is 128 cm³/mol. The van der Waals surface area contributed by atoms with Gasteiger partial charge >= 0.3 is 0 Å². The molecule has 0 saturated carbocycles. The van der Waals surface area contributed by atoms with Gasteiger partial charge in [0.15, 0.2) is 0 Å². The van der Waals surface area contributed by atoms with E-state index in [0.29, 0.717) is 18.1 Å². The molecule has 31 heavy (non-hydrogen) atoms. The zero-order valence-electron chi connectivity index (χ0n) is 19.1. The van der Waals surface area contributed by atoms with Crippen LogP contribution in [-0.4, -0.2) is 31.3 Å². The van der Waals surface area contributed by atoms with Gasteiger partial charge in [0, 0.05) is 19.4 Å². The lowest BCUT2D eigenvalue weighted by atomic mass is 9.90. The second kappa shape index (κ2) is 11.8. The highest BCUT2D eigenvalue weighted by molar-refractivity contribution is 5.97. The number of ketones is 1. The van der Waals surface area contributed by atoms with Gasteiger partial charge in [0.05, 0.1) is 5.69 Å². The number of nitrogens with zero attached hydrogens (tertiary/aromatic N) is 1. The number of hydrogen-bond acceptors (Lipinski definition) is 3. The predicted octanol–water partition coefficient (Wildman–Crippen LogP) is 4.80. The van der Waals surface area contributed by atoms with Gasteiger partial charge < -0.3 is 15.0 Å². The first-order chi connectivity index (χ1) is 15.0. The van der Waals surface area contributed by atoms with Crippen molar-refractivity contribution in [3.8, 4) is 0 Å². The summed E-state index contributed by atoms with van der Waals surface area (Å²) in [6.07, 6.45) is 7.76. The number of carbonyl (C=O) groups is 2. The van der Waals surface area contributed by atoms with Crippen molar-refractivity contribution in [2.24, 2.45) is 0 Å². The Kier molecular flexibility index (Phi) is 8.84. The fraction of sp³-hybridized carbons (Fsp3) is 0.481. The van der Waals surface area contributed by atoms with E-state index in [1.165, 1.54) is 27.9 Å². The summed E-state index contributed by atoms with van der Waals surface area (Å²) < 4.78 is 0. The Morgan fingerprint density at radius 3 is 2.48 bits per heavy atom. The van der Waals surface area contributed by atoms with Crippen molar-refractivity contribution in [2.75, 3.05) is 24.5 Å². The van der Waals surface area contributed by atoms with E-state index < -0.39 is 0 Å². The van der Waals surface area contributed by atoms with Gasteiger partial charge in [0.25, 0.3) is 0 Å². The number of nitrogens with one attached hydrogen (secondary N) is 1. The molecule has 2 aliphatic heterocycles. The number of Topliss-reactive ketones (excluding diaryl/α,β-unsaturated/α-hetero) is 1. The lowest BCUT2D eigenvalue weighted by Crippen LogP contribution is -2.39. The number of benzene rings is 2. The summed E-state index contributed by atoms with van der Waals surface area (Å²) in [5.74, 6) is 0.608. The van der Waals surface area contributed by atoms with E-state index in [0.717, 1.165) is 64.6 Å². The van der Waals surface area contributed by atoms with Gasteiger partial charge in [-0.15, -0.1) is 0 Å². The normalized spacial score (nSPS) is 14.5. The molecule has 1 amide bonds. The van der Waals surface area contributed by atoms with Gasteiger partial charge in [-0.3, -0.25) is 4.79 Å². The summed E-state index contributed by atoms with van der Waals surface area (Å²) in [4.78, 5) is 24.5. The molecule has 0 spiro atoms. The first kappa shape index (κ1) is 23.2. The fourth-order valence-corrected chi connectivity index (χ4v) is 4.45. The minimum atomic E-state index is 0.296. The van der Waals surface area contributed by atoms with Crippen molar-refractivity contribution in [1.29, 1.82) is 0 Å². The molecule has 2 aromatic carbocycles. The second-order valence-corrected chi connectivity index (χ2v) is 8.73. The molecule has 166 valence electrons. The van der Waals surface area contributed by atoms with Crippen LogP contribution in [0, 0.1) is 6.92 Å². The highest BCUT2D eigenvalue weighted by atomic mass is 16.2. The van der Waals surface area contributed by atoms with E-state index in [2.05, 4.69) is 48.6 Å². The van der Waals surface area contributed by atoms with Crippen LogP contribution >= 0.6 is 0 Å². The molecular formula is C27H36N2O2. The molecule has 2 aromatic rings. The Bertz CT molecular complexity index is 859. The number of aryl methyl sites for hydroxylation is 3. The molecule has 1 N–H and O–H groups in total. The number of hydrogen-bond donors (Lipinski definition) is 1. The molecule has 0 aliphatic carbocycles. The van der Waals surface area contributed by atoms with Crippen LogP contribution in [0.2, 0.25) is 0 Å². The van der Waals surface area contributed by atoms with Gasteiger partial charge in [-0.05, 0) is 82.2 Å². The second-order valence-electron chi connectivity index (χ2n) is 8.73. The molecule has 0 atom stereocenters. The summed E-state index contributed by atoms with van der Waals surface area (Å²) in [6, 6.07) is 15.0. The standard InChI is InChI=1S/C14H21NO.C13H15NO/c1-13(16)7-5-6-11-15-12-10-14-8-3-2-4-9-14;1-9-7-10-3-2-6-14-12(15)5-4-11(8-9)13(10)14/h2-4,8-9,15H,5-7,10-12H2,1H3;7-8H,2-6H2,1H3. The van der Waals surface area contributed by atoms with Crippen molar-refractivity contribution in [1.82, 2.24) is 5.32 Å². The van der Waals surface area contributed by atoms with Crippen LogP contribution < -0.4 is 10.2 Å². The van der Waals surface area contributed by atoms with Crippen LogP contribution in [-0.2, 0) is 28.9 Å². The number of carbonyl (C=O) groups excluding carboxylic acids is 2. The van der Waals surface area contributed by atoms with E-state index in [9.17, 15) is 9.59 Å². The largest absolute Gasteiger partial charge is 0.316 e. The SMILES string of the molecule is CC(=O)CCCCNCCc1ccccc1.Cc1cc2c3c(c1)CCC(=O)N3CCC2. The Hall–Kier alpha value is -2.46. The number of amides is 1. The van der Waals surface area contributed by atoms with Gasteiger partial charge in [0.2, 0.25) is 5.91 Å². The quantitative estimate of drug-likeness (QED) is 0.624. The zero-order chi connectivity index (χ0) is 22.1. The summed E-state index contributed by atoms with van der Waals surface area (Å²) in [7, 11) is 0. The molecule has 0 aromatic heterocycles. The van der Waals surface area contributed by atoms with E-state index in [1.807, 2.05) is 11.0 Å². The zero-order valence-corrected chi connectivity index (χ0v) is 19.1. The molecule has 4 rings (SSSR count). The van der Waals surface area contributed by atoms with Gasteiger partial charge in [-0.25, -0.2) is 0 Å². The molecule has 0 bridgehead atoms. The molecule has 2 heterocycles. The topological polar surface area (TPSA) is 49.4 Å².